The van der Waals surface area contributed by atoms with E-state index in [0.717, 1.165) is 43.4 Å². The number of benzene rings is 1. The normalized spacial score (nSPS) is 14.7. The Hall–Kier alpha value is -2.77. The van der Waals surface area contributed by atoms with Gasteiger partial charge in [0.15, 0.2) is 0 Å². The lowest BCUT2D eigenvalue weighted by atomic mass is 10.1. The topological polar surface area (TPSA) is 63.2 Å². The van der Waals surface area contributed by atoms with Gasteiger partial charge in [-0.3, -0.25) is 0 Å². The van der Waals surface area contributed by atoms with E-state index in [9.17, 15) is 18.0 Å². The van der Waals surface area contributed by atoms with Crippen LogP contribution in [-0.4, -0.2) is 17.1 Å². The van der Waals surface area contributed by atoms with Gasteiger partial charge in [-0.25, -0.2) is 9.78 Å². The van der Waals surface area contributed by atoms with E-state index in [4.69, 9.17) is 4.74 Å². The molecule has 1 fully saturated rings. The van der Waals surface area contributed by atoms with E-state index >= 15 is 0 Å². The number of hydrogen-bond donors (Lipinski definition) is 2. The molecule has 150 valence electrons. The van der Waals surface area contributed by atoms with Gasteiger partial charge in [0.05, 0.1) is 5.56 Å². The highest BCUT2D eigenvalue weighted by Gasteiger charge is 2.30. The van der Waals surface area contributed by atoms with Gasteiger partial charge in [-0.2, -0.15) is 13.2 Å². The second kappa shape index (κ2) is 8.95. The first-order valence-electron chi connectivity index (χ1n) is 9.20. The number of ether oxygens (including phenoxy) is 1. The highest BCUT2D eigenvalue weighted by Crippen LogP contribution is 2.29. The van der Waals surface area contributed by atoms with Crippen LogP contribution in [0.3, 0.4) is 0 Å². The maximum atomic E-state index is 12.7. The molecule has 0 atom stereocenters. The summed E-state index contributed by atoms with van der Waals surface area (Å²) in [6.45, 7) is 0.207. The summed E-state index contributed by atoms with van der Waals surface area (Å²) in [6, 6.07) is 7.98. The summed E-state index contributed by atoms with van der Waals surface area (Å²) in [5.74, 6) is 0.507. The minimum absolute atomic E-state index is 0.00573. The van der Waals surface area contributed by atoms with Crippen LogP contribution in [0, 0.1) is 0 Å². The number of hydrogen-bond acceptors (Lipinski definition) is 3. The minimum atomic E-state index is -4.41. The Bertz CT molecular complexity index is 805. The molecule has 1 heterocycles. The van der Waals surface area contributed by atoms with Crippen molar-refractivity contribution in [3.63, 3.8) is 0 Å². The number of alkyl halides is 3. The quantitative estimate of drug-likeness (QED) is 0.764. The summed E-state index contributed by atoms with van der Waals surface area (Å²) in [7, 11) is 0. The molecule has 3 rings (SSSR count). The molecule has 28 heavy (non-hydrogen) atoms. The summed E-state index contributed by atoms with van der Waals surface area (Å²) >= 11 is 0. The number of pyridine rings is 1. The number of nitrogens with one attached hydrogen (secondary N) is 2. The first-order chi connectivity index (χ1) is 13.4. The Balaban J connectivity index is 1.51. The molecule has 1 aliphatic carbocycles. The molecule has 1 saturated carbocycles. The van der Waals surface area contributed by atoms with Crippen LogP contribution in [0.5, 0.6) is 5.88 Å². The monoisotopic (exact) mass is 393 g/mol. The SMILES string of the molecule is O=C(NCc1cccc(C(F)(F)F)c1)NCc1cccnc1OC1CCCC1. The molecule has 0 spiro atoms. The standard InChI is InChI=1S/C20H22F3N3O2/c21-20(22,23)16-7-3-5-14(11-16)12-25-19(27)26-13-15-6-4-10-24-18(15)28-17-8-1-2-9-17/h3-7,10-11,17H,1-2,8-9,12-13H2,(H2,25,26,27). The Labute approximate surface area is 161 Å². The maximum absolute atomic E-state index is 12.7. The summed E-state index contributed by atoms with van der Waals surface area (Å²) in [4.78, 5) is 16.3. The molecule has 0 radical (unpaired) electrons. The van der Waals surface area contributed by atoms with Crippen molar-refractivity contribution in [3.05, 3.63) is 59.3 Å². The molecule has 0 saturated heterocycles. The van der Waals surface area contributed by atoms with Crippen molar-refractivity contribution in [1.82, 2.24) is 15.6 Å². The molecule has 2 aromatic rings. The summed E-state index contributed by atoms with van der Waals surface area (Å²) in [5.41, 5.74) is 0.386. The molecule has 0 aliphatic heterocycles. The molecular formula is C20H22F3N3O2. The minimum Gasteiger partial charge on any atom is -0.474 e. The second-order valence-corrected chi connectivity index (χ2v) is 6.73. The van der Waals surface area contributed by atoms with E-state index in [1.54, 1.807) is 12.3 Å². The van der Waals surface area contributed by atoms with Crippen LogP contribution in [0.1, 0.15) is 42.4 Å². The van der Waals surface area contributed by atoms with Crippen LogP contribution >= 0.6 is 0 Å². The van der Waals surface area contributed by atoms with E-state index in [1.807, 2.05) is 6.07 Å². The maximum Gasteiger partial charge on any atom is 0.416 e. The number of nitrogens with zero attached hydrogens (tertiary/aromatic N) is 1. The Morgan fingerprint density at radius 1 is 1.11 bits per heavy atom. The molecule has 1 aliphatic rings. The molecule has 0 unspecified atom stereocenters. The van der Waals surface area contributed by atoms with E-state index in [0.29, 0.717) is 11.4 Å². The summed E-state index contributed by atoms with van der Waals surface area (Å²) in [5, 5.41) is 5.25. The largest absolute Gasteiger partial charge is 0.474 e. The first-order valence-corrected chi connectivity index (χ1v) is 9.20. The Kier molecular flexibility index (Phi) is 6.38. The van der Waals surface area contributed by atoms with E-state index < -0.39 is 17.8 Å². The van der Waals surface area contributed by atoms with E-state index in [1.165, 1.54) is 12.1 Å². The zero-order valence-corrected chi connectivity index (χ0v) is 15.3. The van der Waals surface area contributed by atoms with Crippen molar-refractivity contribution >= 4 is 6.03 Å². The number of rotatable bonds is 6. The molecule has 0 bridgehead atoms. The van der Waals surface area contributed by atoms with Crippen molar-refractivity contribution in [1.29, 1.82) is 0 Å². The number of carbonyl (C=O) groups excluding carboxylic acids is 1. The smallest absolute Gasteiger partial charge is 0.416 e. The fourth-order valence-corrected chi connectivity index (χ4v) is 3.11. The molecule has 1 aromatic heterocycles. The van der Waals surface area contributed by atoms with Crippen molar-refractivity contribution in [3.8, 4) is 5.88 Å². The Morgan fingerprint density at radius 2 is 1.86 bits per heavy atom. The molecule has 1 aromatic carbocycles. The van der Waals surface area contributed by atoms with Gasteiger partial charge < -0.3 is 15.4 Å². The van der Waals surface area contributed by atoms with Gasteiger partial charge in [0.2, 0.25) is 5.88 Å². The Morgan fingerprint density at radius 3 is 2.61 bits per heavy atom. The summed E-state index contributed by atoms with van der Waals surface area (Å²) in [6.07, 6.45) is 1.67. The number of amides is 2. The zero-order chi connectivity index (χ0) is 20.0. The van der Waals surface area contributed by atoms with Crippen LogP contribution in [-0.2, 0) is 19.3 Å². The van der Waals surface area contributed by atoms with Crippen LogP contribution in [0.25, 0.3) is 0 Å². The van der Waals surface area contributed by atoms with Gasteiger partial charge in [-0.05, 0) is 49.4 Å². The van der Waals surface area contributed by atoms with Gasteiger partial charge in [0.1, 0.15) is 6.10 Å². The highest BCUT2D eigenvalue weighted by molar-refractivity contribution is 5.73. The predicted octanol–water partition coefficient (Wildman–Crippen LogP) is 4.42. The predicted molar refractivity (Wildman–Crippen MR) is 97.6 cm³/mol. The fraction of sp³-hybridized carbons (Fsp3) is 0.400. The number of carbonyl (C=O) groups is 1. The average molecular weight is 393 g/mol. The van der Waals surface area contributed by atoms with Crippen molar-refractivity contribution in [2.75, 3.05) is 0 Å². The van der Waals surface area contributed by atoms with Crippen LogP contribution in [0.15, 0.2) is 42.6 Å². The third kappa shape index (κ3) is 5.61. The summed E-state index contributed by atoms with van der Waals surface area (Å²) < 4.78 is 44.1. The van der Waals surface area contributed by atoms with E-state index in [2.05, 4.69) is 15.6 Å². The number of halogens is 3. The lowest BCUT2D eigenvalue weighted by molar-refractivity contribution is -0.137. The highest BCUT2D eigenvalue weighted by atomic mass is 19.4. The van der Waals surface area contributed by atoms with Crippen molar-refractivity contribution in [2.45, 2.75) is 51.1 Å². The van der Waals surface area contributed by atoms with E-state index in [-0.39, 0.29) is 19.2 Å². The van der Waals surface area contributed by atoms with Gasteiger partial charge >= 0.3 is 12.2 Å². The number of aromatic nitrogens is 1. The zero-order valence-electron chi connectivity index (χ0n) is 15.3. The lowest BCUT2D eigenvalue weighted by Gasteiger charge is -2.15. The molecule has 8 heteroatoms. The average Bonchev–Trinajstić information content (AvgIpc) is 3.18. The van der Waals surface area contributed by atoms with Gasteiger partial charge in [-0.15, -0.1) is 0 Å². The van der Waals surface area contributed by atoms with Crippen molar-refractivity contribution < 1.29 is 22.7 Å². The molecule has 2 N–H and O–H groups in total. The fourth-order valence-electron chi connectivity index (χ4n) is 3.11. The van der Waals surface area contributed by atoms with Crippen LogP contribution in [0.2, 0.25) is 0 Å². The second-order valence-electron chi connectivity index (χ2n) is 6.73. The molecular weight excluding hydrogens is 371 g/mol. The third-order valence-corrected chi connectivity index (χ3v) is 4.58. The molecule has 5 nitrogen and oxygen atoms in total. The third-order valence-electron chi connectivity index (χ3n) is 4.58. The number of urea groups is 1. The van der Waals surface area contributed by atoms with Gasteiger partial charge in [-0.1, -0.05) is 18.2 Å². The van der Waals surface area contributed by atoms with Gasteiger partial charge in [0.25, 0.3) is 0 Å². The molecule has 2 amide bonds. The lowest BCUT2D eigenvalue weighted by Crippen LogP contribution is -2.34. The van der Waals surface area contributed by atoms with Crippen LogP contribution in [0.4, 0.5) is 18.0 Å². The first kappa shape index (κ1) is 20.0. The van der Waals surface area contributed by atoms with Crippen molar-refractivity contribution in [2.24, 2.45) is 0 Å². The van der Waals surface area contributed by atoms with Crippen LogP contribution < -0.4 is 15.4 Å². The van der Waals surface area contributed by atoms with Gasteiger partial charge in [0, 0.05) is 24.8 Å².